The van der Waals surface area contributed by atoms with Gasteiger partial charge in [-0.25, -0.2) is 4.79 Å². The molecular weight excluding hydrogens is 412 g/mol. The van der Waals surface area contributed by atoms with Crippen LogP contribution in [0.15, 0.2) is 49.1 Å². The zero-order chi connectivity index (χ0) is 23.9. The van der Waals surface area contributed by atoms with Crippen molar-refractivity contribution in [2.45, 2.75) is 89.8 Å². The van der Waals surface area contributed by atoms with E-state index in [1.165, 1.54) is 37.8 Å². The van der Waals surface area contributed by atoms with E-state index in [9.17, 15) is 4.79 Å². The van der Waals surface area contributed by atoms with Crippen molar-refractivity contribution in [2.75, 3.05) is 0 Å². The number of unbranched alkanes of at least 4 members (excludes halogenated alkanes) is 4. The molecule has 4 nitrogen and oxygen atoms in total. The Labute approximate surface area is 199 Å². The lowest BCUT2D eigenvalue weighted by molar-refractivity contribution is -0.146. The summed E-state index contributed by atoms with van der Waals surface area (Å²) in [5, 5.41) is 0. The van der Waals surface area contributed by atoms with Crippen LogP contribution in [0.5, 0.6) is 0 Å². The van der Waals surface area contributed by atoms with Crippen molar-refractivity contribution in [3.05, 3.63) is 54.6 Å². The molecule has 1 aliphatic heterocycles. The molecule has 4 heteroatoms. The normalized spacial score (nSPS) is 19.7. The van der Waals surface area contributed by atoms with E-state index in [1.807, 2.05) is 44.2 Å². The Morgan fingerprint density at radius 1 is 1.12 bits per heavy atom. The van der Waals surface area contributed by atoms with Gasteiger partial charge in [-0.2, -0.15) is 0 Å². The summed E-state index contributed by atoms with van der Waals surface area (Å²) in [5.74, 6) is 10.4. The lowest BCUT2D eigenvalue weighted by Crippen LogP contribution is -2.21. The summed E-state index contributed by atoms with van der Waals surface area (Å²) >= 11 is 0. The van der Waals surface area contributed by atoms with Gasteiger partial charge in [0, 0.05) is 12.5 Å². The van der Waals surface area contributed by atoms with Crippen LogP contribution in [0.4, 0.5) is 0 Å². The molecule has 0 radical (unpaired) electrons. The third-order valence-corrected chi connectivity index (χ3v) is 5.21. The quantitative estimate of drug-likeness (QED) is 0.135. The van der Waals surface area contributed by atoms with Gasteiger partial charge in [0.2, 0.25) is 0 Å². The molecule has 1 unspecified atom stereocenters. The number of carbonyl (C=O) groups excluding carboxylic acids is 1. The van der Waals surface area contributed by atoms with E-state index >= 15 is 0 Å². The van der Waals surface area contributed by atoms with Crippen LogP contribution in [-0.4, -0.2) is 30.1 Å². The van der Waals surface area contributed by atoms with Crippen molar-refractivity contribution in [3.63, 3.8) is 0 Å². The Balaban J connectivity index is 1.82. The van der Waals surface area contributed by atoms with E-state index in [0.717, 1.165) is 18.4 Å². The van der Waals surface area contributed by atoms with Crippen molar-refractivity contribution in [2.24, 2.45) is 0 Å². The van der Waals surface area contributed by atoms with Crippen molar-refractivity contribution < 1.29 is 19.0 Å². The highest BCUT2D eigenvalue weighted by Crippen LogP contribution is 2.32. The molecule has 1 aliphatic rings. The van der Waals surface area contributed by atoms with E-state index in [4.69, 9.17) is 14.2 Å². The zero-order valence-corrected chi connectivity index (χ0v) is 20.1. The van der Waals surface area contributed by atoms with Crippen LogP contribution >= 0.6 is 0 Å². The molecule has 0 amide bonds. The highest BCUT2D eigenvalue weighted by atomic mass is 16.7. The molecular formula is C29H36O4. The predicted molar refractivity (Wildman–Crippen MR) is 133 cm³/mol. The fraction of sp³-hybridized carbons (Fsp3) is 0.483. The number of esters is 1. The molecule has 1 aromatic rings. The van der Waals surface area contributed by atoms with Crippen LogP contribution in [-0.2, 0) is 19.0 Å². The van der Waals surface area contributed by atoms with Crippen LogP contribution in [0, 0.1) is 23.7 Å². The second-order valence-electron chi connectivity index (χ2n) is 8.53. The fourth-order valence-corrected chi connectivity index (χ4v) is 3.61. The van der Waals surface area contributed by atoms with E-state index in [0.29, 0.717) is 6.42 Å². The summed E-state index contributed by atoms with van der Waals surface area (Å²) in [7, 11) is 0. The van der Waals surface area contributed by atoms with Gasteiger partial charge in [0.1, 0.15) is 0 Å². The largest absolute Gasteiger partial charge is 0.442 e. The van der Waals surface area contributed by atoms with Gasteiger partial charge >= 0.3 is 5.97 Å². The first-order chi connectivity index (χ1) is 15.9. The van der Waals surface area contributed by atoms with Gasteiger partial charge in [-0.3, -0.25) is 0 Å². The van der Waals surface area contributed by atoms with Gasteiger partial charge in [0.05, 0.1) is 12.2 Å². The van der Waals surface area contributed by atoms with Gasteiger partial charge in [0.15, 0.2) is 11.9 Å². The molecule has 2 rings (SSSR count). The summed E-state index contributed by atoms with van der Waals surface area (Å²) in [4.78, 5) is 12.0. The number of hydrogen-bond donors (Lipinski definition) is 0. The first-order valence-corrected chi connectivity index (χ1v) is 11.8. The van der Waals surface area contributed by atoms with E-state index in [2.05, 4.69) is 37.2 Å². The molecule has 3 atom stereocenters. The molecule has 0 bridgehead atoms. The average molecular weight is 449 g/mol. The summed E-state index contributed by atoms with van der Waals surface area (Å²) in [6.07, 6.45) is 11.5. The second kappa shape index (κ2) is 14.4. The molecule has 1 fully saturated rings. The van der Waals surface area contributed by atoms with Crippen molar-refractivity contribution in [1.82, 2.24) is 0 Å². The first kappa shape index (κ1) is 26.5. The summed E-state index contributed by atoms with van der Waals surface area (Å²) in [5.41, 5.74) is 0.919. The monoisotopic (exact) mass is 448 g/mol. The number of benzene rings is 1. The second-order valence-corrected chi connectivity index (χ2v) is 8.53. The molecule has 1 heterocycles. The molecule has 0 spiro atoms. The molecule has 1 saturated heterocycles. The Morgan fingerprint density at radius 2 is 1.85 bits per heavy atom. The minimum atomic E-state index is -0.715. The molecule has 0 aromatic heterocycles. The SMILES string of the molecule is C=CC(C#CC#CC[C@H]1OC(C)(C)O[C@@H]1CCCCCCC)OC(=O)/C=C/c1ccccc1. The predicted octanol–water partition coefficient (Wildman–Crippen LogP) is 6.08. The number of carbonyl (C=O) groups is 1. The lowest BCUT2D eigenvalue weighted by Gasteiger charge is -2.16. The summed E-state index contributed by atoms with van der Waals surface area (Å²) in [6.45, 7) is 9.79. The smallest absolute Gasteiger partial charge is 0.332 e. The Bertz CT molecular complexity index is 892. The van der Waals surface area contributed by atoms with Crippen molar-refractivity contribution in [3.8, 4) is 23.7 Å². The Kier molecular flexibility index (Phi) is 11.5. The van der Waals surface area contributed by atoms with Crippen molar-refractivity contribution >= 4 is 12.0 Å². The Morgan fingerprint density at radius 3 is 2.58 bits per heavy atom. The Hall–Kier alpha value is -2.79. The molecule has 0 saturated carbocycles. The lowest BCUT2D eigenvalue weighted by atomic mass is 10.0. The molecule has 0 N–H and O–H groups in total. The molecule has 33 heavy (non-hydrogen) atoms. The van der Waals surface area contributed by atoms with Gasteiger partial charge in [-0.15, -0.1) is 0 Å². The average Bonchev–Trinajstić information content (AvgIpc) is 3.10. The van der Waals surface area contributed by atoms with E-state index in [1.54, 1.807) is 6.08 Å². The maximum atomic E-state index is 12.0. The zero-order valence-electron chi connectivity index (χ0n) is 20.1. The van der Waals surface area contributed by atoms with Crippen LogP contribution in [0.2, 0.25) is 0 Å². The van der Waals surface area contributed by atoms with E-state index in [-0.39, 0.29) is 12.2 Å². The van der Waals surface area contributed by atoms with Crippen LogP contribution in [0.3, 0.4) is 0 Å². The third kappa shape index (κ3) is 10.6. The molecule has 0 aliphatic carbocycles. The van der Waals surface area contributed by atoms with Crippen LogP contribution in [0.1, 0.15) is 71.3 Å². The summed E-state index contributed by atoms with van der Waals surface area (Å²) in [6, 6.07) is 9.53. The van der Waals surface area contributed by atoms with Gasteiger partial charge in [-0.05, 0) is 55.7 Å². The van der Waals surface area contributed by atoms with Crippen LogP contribution < -0.4 is 0 Å². The molecule has 176 valence electrons. The fourth-order valence-electron chi connectivity index (χ4n) is 3.61. The third-order valence-electron chi connectivity index (χ3n) is 5.21. The summed E-state index contributed by atoms with van der Waals surface area (Å²) < 4.78 is 17.4. The maximum absolute atomic E-state index is 12.0. The number of rotatable bonds is 11. The highest BCUT2D eigenvalue weighted by Gasteiger charge is 2.40. The number of ether oxygens (including phenoxy) is 3. The highest BCUT2D eigenvalue weighted by molar-refractivity contribution is 5.87. The standard InChI is InChI=1S/C29H36O4/c1-5-7-8-9-15-20-26-27(33-29(3,4)32-26)21-16-11-14-19-25(6-2)31-28(30)23-22-24-17-12-10-13-18-24/h6,10,12-13,17-18,22-23,25-27H,2,5,7-9,15,20-21H2,1,3-4H3/b23-22+/t25?,26-,27-/m1/s1. The minimum absolute atomic E-state index is 0.0576. The van der Waals surface area contributed by atoms with Gasteiger partial charge in [-0.1, -0.05) is 81.9 Å². The number of hydrogen-bond acceptors (Lipinski definition) is 4. The molecule has 1 aromatic carbocycles. The minimum Gasteiger partial charge on any atom is -0.442 e. The maximum Gasteiger partial charge on any atom is 0.332 e. The first-order valence-electron chi connectivity index (χ1n) is 11.8. The van der Waals surface area contributed by atoms with E-state index < -0.39 is 17.9 Å². The van der Waals surface area contributed by atoms with Gasteiger partial charge < -0.3 is 14.2 Å². The topological polar surface area (TPSA) is 44.8 Å². The van der Waals surface area contributed by atoms with Gasteiger partial charge in [0.25, 0.3) is 0 Å². The van der Waals surface area contributed by atoms with Crippen molar-refractivity contribution in [1.29, 1.82) is 0 Å². The van der Waals surface area contributed by atoms with Crippen LogP contribution in [0.25, 0.3) is 6.08 Å².